The van der Waals surface area contributed by atoms with Gasteiger partial charge in [-0.1, -0.05) is 36.4 Å². The van der Waals surface area contributed by atoms with E-state index in [0.29, 0.717) is 41.5 Å². The molecular weight excluding hydrogens is 420 g/mol. The predicted molar refractivity (Wildman–Crippen MR) is 126 cm³/mol. The molecule has 0 saturated heterocycles. The molecule has 1 heterocycles. The van der Waals surface area contributed by atoms with Gasteiger partial charge < -0.3 is 24.8 Å². The Kier molecular flexibility index (Phi) is 6.59. The molecule has 0 unspecified atom stereocenters. The monoisotopic (exact) mass is 444 g/mol. The minimum absolute atomic E-state index is 0.195. The summed E-state index contributed by atoms with van der Waals surface area (Å²) in [6.07, 6.45) is 2.30. The molecule has 0 atom stereocenters. The van der Waals surface area contributed by atoms with E-state index in [1.807, 2.05) is 48.5 Å². The number of hydrogen-bond acceptors (Lipinski definition) is 5. The third kappa shape index (κ3) is 5.15. The van der Waals surface area contributed by atoms with E-state index in [4.69, 9.17) is 14.2 Å². The van der Waals surface area contributed by atoms with E-state index < -0.39 is 0 Å². The summed E-state index contributed by atoms with van der Waals surface area (Å²) in [5.74, 6) is 1.38. The van der Waals surface area contributed by atoms with Crippen LogP contribution in [-0.4, -0.2) is 32.6 Å². The summed E-state index contributed by atoms with van der Waals surface area (Å²) < 4.78 is 16.3. The Bertz CT molecular complexity index is 1200. The first-order valence-corrected chi connectivity index (χ1v) is 10.5. The van der Waals surface area contributed by atoms with Crippen LogP contribution in [0.15, 0.2) is 72.5 Å². The first kappa shape index (κ1) is 22.0. The Hall–Kier alpha value is -4.26. The van der Waals surface area contributed by atoms with Gasteiger partial charge in [0.25, 0.3) is 11.8 Å². The molecule has 0 bridgehead atoms. The van der Waals surface area contributed by atoms with Crippen LogP contribution in [0.5, 0.6) is 17.2 Å². The molecule has 0 aromatic heterocycles. The summed E-state index contributed by atoms with van der Waals surface area (Å²) in [6, 6.07) is 20.0. The fourth-order valence-electron chi connectivity index (χ4n) is 3.46. The average Bonchev–Trinajstić information content (AvgIpc) is 2.84. The van der Waals surface area contributed by atoms with Gasteiger partial charge in [0.1, 0.15) is 0 Å². The lowest BCUT2D eigenvalue weighted by Crippen LogP contribution is -2.27. The van der Waals surface area contributed by atoms with E-state index in [1.165, 1.54) is 0 Å². The fraction of sp³-hybridized carbons (Fsp3) is 0.154. The van der Waals surface area contributed by atoms with Gasteiger partial charge in [0, 0.05) is 12.1 Å². The Labute approximate surface area is 192 Å². The second kappa shape index (κ2) is 9.91. The van der Waals surface area contributed by atoms with Gasteiger partial charge in [-0.15, -0.1) is 0 Å². The molecule has 2 amide bonds. The van der Waals surface area contributed by atoms with E-state index in [1.54, 1.807) is 38.5 Å². The summed E-state index contributed by atoms with van der Waals surface area (Å²) >= 11 is 0. The molecule has 0 radical (unpaired) electrons. The van der Waals surface area contributed by atoms with Crippen LogP contribution in [0.25, 0.3) is 6.08 Å². The first-order chi connectivity index (χ1) is 16.1. The van der Waals surface area contributed by atoms with Crippen molar-refractivity contribution < 1.29 is 23.8 Å². The molecule has 0 spiro atoms. The molecule has 7 heteroatoms. The van der Waals surface area contributed by atoms with Crippen molar-refractivity contribution in [3.8, 4) is 17.2 Å². The highest BCUT2D eigenvalue weighted by atomic mass is 16.5. The molecule has 3 aromatic rings. The van der Waals surface area contributed by atoms with Crippen molar-refractivity contribution in [2.24, 2.45) is 0 Å². The van der Waals surface area contributed by atoms with Gasteiger partial charge in [0.05, 0.1) is 19.9 Å². The second-order valence-electron chi connectivity index (χ2n) is 7.38. The number of amides is 2. The second-order valence-corrected chi connectivity index (χ2v) is 7.38. The van der Waals surface area contributed by atoms with Crippen molar-refractivity contribution in [1.29, 1.82) is 0 Å². The third-order valence-electron chi connectivity index (χ3n) is 5.18. The number of fused-ring (bicyclic) bond motifs is 1. The van der Waals surface area contributed by atoms with Gasteiger partial charge >= 0.3 is 0 Å². The molecule has 7 nitrogen and oxygen atoms in total. The number of hydrogen-bond donors (Lipinski definition) is 2. The largest absolute Gasteiger partial charge is 0.493 e. The number of benzene rings is 3. The number of anilines is 1. The zero-order valence-corrected chi connectivity index (χ0v) is 18.4. The highest BCUT2D eigenvalue weighted by Gasteiger charge is 2.23. The summed E-state index contributed by atoms with van der Waals surface area (Å²) in [5.41, 5.74) is 2.76. The van der Waals surface area contributed by atoms with Crippen LogP contribution in [0.2, 0.25) is 0 Å². The number of methoxy groups -OCH3 is 2. The van der Waals surface area contributed by atoms with Crippen LogP contribution in [0.3, 0.4) is 0 Å². The van der Waals surface area contributed by atoms with Crippen molar-refractivity contribution in [1.82, 2.24) is 5.32 Å². The van der Waals surface area contributed by atoms with Crippen molar-refractivity contribution >= 4 is 23.6 Å². The van der Waals surface area contributed by atoms with Gasteiger partial charge in [-0.3, -0.25) is 9.59 Å². The van der Waals surface area contributed by atoms with Crippen molar-refractivity contribution in [3.63, 3.8) is 0 Å². The molecule has 4 rings (SSSR count). The normalized spacial score (nSPS) is 13.5. The number of carbonyl (C=O) groups excluding carboxylic acids is 2. The molecule has 2 N–H and O–H groups in total. The smallest absolute Gasteiger partial charge is 0.291 e. The zero-order valence-electron chi connectivity index (χ0n) is 18.4. The number of rotatable bonds is 7. The Morgan fingerprint density at radius 3 is 2.55 bits per heavy atom. The van der Waals surface area contributed by atoms with Crippen LogP contribution >= 0.6 is 0 Å². The number of ether oxygens (including phenoxy) is 3. The molecule has 0 fully saturated rings. The lowest BCUT2D eigenvalue weighted by atomic mass is 10.1. The van der Waals surface area contributed by atoms with E-state index in [9.17, 15) is 9.59 Å². The van der Waals surface area contributed by atoms with Crippen LogP contribution < -0.4 is 24.8 Å². The SMILES string of the molecule is COc1ccc(CCNC(=O)c2ccc3c(c2)NC(=O)/C(=C/c2ccccc2)O3)cc1OC. The average molecular weight is 444 g/mol. The number of carbonyl (C=O) groups is 2. The van der Waals surface area contributed by atoms with E-state index in [2.05, 4.69) is 10.6 Å². The maximum Gasteiger partial charge on any atom is 0.291 e. The lowest BCUT2D eigenvalue weighted by molar-refractivity contribution is -0.115. The van der Waals surface area contributed by atoms with Crippen molar-refractivity contribution in [2.45, 2.75) is 6.42 Å². The van der Waals surface area contributed by atoms with Crippen molar-refractivity contribution in [2.75, 3.05) is 26.1 Å². The summed E-state index contributed by atoms with van der Waals surface area (Å²) in [4.78, 5) is 25.1. The predicted octanol–water partition coefficient (Wildman–Crippen LogP) is 4.05. The Morgan fingerprint density at radius 1 is 1.00 bits per heavy atom. The fourth-order valence-corrected chi connectivity index (χ4v) is 3.46. The summed E-state index contributed by atoms with van der Waals surface area (Å²) in [5, 5.41) is 5.69. The van der Waals surface area contributed by atoms with Crippen LogP contribution in [-0.2, 0) is 11.2 Å². The molecule has 1 aliphatic rings. The van der Waals surface area contributed by atoms with Gasteiger partial charge in [-0.05, 0) is 54.0 Å². The molecule has 1 aliphatic heterocycles. The molecule has 168 valence electrons. The summed E-state index contributed by atoms with van der Waals surface area (Å²) in [7, 11) is 3.17. The van der Waals surface area contributed by atoms with Gasteiger partial charge in [0.15, 0.2) is 23.0 Å². The third-order valence-corrected chi connectivity index (χ3v) is 5.18. The molecule has 0 saturated carbocycles. The van der Waals surface area contributed by atoms with E-state index in [-0.39, 0.29) is 17.6 Å². The van der Waals surface area contributed by atoms with Crippen LogP contribution in [0.1, 0.15) is 21.5 Å². The molecular formula is C26H24N2O5. The van der Waals surface area contributed by atoms with E-state index >= 15 is 0 Å². The van der Waals surface area contributed by atoms with Crippen LogP contribution in [0.4, 0.5) is 5.69 Å². The Balaban J connectivity index is 1.39. The summed E-state index contributed by atoms with van der Waals surface area (Å²) in [6.45, 7) is 0.443. The highest BCUT2D eigenvalue weighted by molar-refractivity contribution is 6.09. The van der Waals surface area contributed by atoms with Crippen molar-refractivity contribution in [3.05, 3.63) is 89.2 Å². The molecule has 3 aromatic carbocycles. The first-order valence-electron chi connectivity index (χ1n) is 10.5. The number of nitrogens with one attached hydrogen (secondary N) is 2. The highest BCUT2D eigenvalue weighted by Crippen LogP contribution is 2.32. The minimum atomic E-state index is -0.364. The Morgan fingerprint density at radius 2 is 1.79 bits per heavy atom. The molecule has 33 heavy (non-hydrogen) atoms. The minimum Gasteiger partial charge on any atom is -0.493 e. The van der Waals surface area contributed by atoms with Gasteiger partial charge in [-0.2, -0.15) is 0 Å². The van der Waals surface area contributed by atoms with Gasteiger partial charge in [-0.25, -0.2) is 0 Å². The topological polar surface area (TPSA) is 85.9 Å². The maximum absolute atomic E-state index is 12.6. The van der Waals surface area contributed by atoms with Crippen LogP contribution in [0, 0.1) is 0 Å². The molecule has 0 aliphatic carbocycles. The lowest BCUT2D eigenvalue weighted by Gasteiger charge is -2.20. The van der Waals surface area contributed by atoms with E-state index in [0.717, 1.165) is 11.1 Å². The standard InChI is InChI=1S/C26H24N2O5/c1-31-22-10-8-18(14-23(22)32-2)12-13-27-25(29)19-9-11-21-20(16-19)28-26(30)24(33-21)15-17-6-4-3-5-7-17/h3-11,14-16H,12-13H2,1-2H3,(H,27,29)(H,28,30)/b24-15-. The van der Waals surface area contributed by atoms with Gasteiger partial charge in [0.2, 0.25) is 0 Å². The quantitative estimate of drug-likeness (QED) is 0.537. The zero-order chi connectivity index (χ0) is 23.2. The maximum atomic E-state index is 12.6.